The molecular formula is C19H22Cl2FNO5. The van der Waals surface area contributed by atoms with Crippen LogP contribution in [0, 0.1) is 11.8 Å². The van der Waals surface area contributed by atoms with Crippen LogP contribution in [0.4, 0.5) is 4.39 Å². The van der Waals surface area contributed by atoms with Crippen LogP contribution in [0.3, 0.4) is 0 Å². The molecular weight excluding hydrogens is 412 g/mol. The number of hydrogen-bond donors (Lipinski definition) is 2. The van der Waals surface area contributed by atoms with E-state index in [1.54, 1.807) is 18.2 Å². The Morgan fingerprint density at radius 1 is 1.36 bits per heavy atom. The van der Waals surface area contributed by atoms with E-state index in [9.17, 15) is 19.1 Å². The lowest BCUT2D eigenvalue weighted by molar-refractivity contribution is -0.161. The van der Waals surface area contributed by atoms with Crippen molar-refractivity contribution in [3.63, 3.8) is 0 Å². The van der Waals surface area contributed by atoms with Gasteiger partial charge in [-0.3, -0.25) is 0 Å². The van der Waals surface area contributed by atoms with E-state index in [0.29, 0.717) is 22.0 Å². The summed E-state index contributed by atoms with van der Waals surface area (Å²) in [4.78, 5) is 24.1. The number of fused-ring (bicyclic) bond motifs is 1. The number of aliphatic carboxylic acids is 1. The Bertz CT molecular complexity index is 794. The Labute approximate surface area is 172 Å². The number of alkyl halides is 1. The van der Waals surface area contributed by atoms with Crippen LogP contribution in [-0.2, 0) is 25.7 Å². The van der Waals surface area contributed by atoms with Crippen LogP contribution in [0.25, 0.3) is 0 Å². The first kappa shape index (κ1) is 21.3. The molecule has 154 valence electrons. The average molecular weight is 434 g/mol. The van der Waals surface area contributed by atoms with Crippen LogP contribution in [0.2, 0.25) is 10.0 Å². The van der Waals surface area contributed by atoms with Gasteiger partial charge in [0.1, 0.15) is 5.54 Å². The van der Waals surface area contributed by atoms with Crippen molar-refractivity contribution in [3.05, 3.63) is 33.8 Å². The Kier molecular flexibility index (Phi) is 5.92. The van der Waals surface area contributed by atoms with Gasteiger partial charge in [-0.1, -0.05) is 42.6 Å². The van der Waals surface area contributed by atoms with Crippen molar-refractivity contribution in [3.8, 4) is 0 Å². The highest BCUT2D eigenvalue weighted by molar-refractivity contribution is 6.42. The van der Waals surface area contributed by atoms with Gasteiger partial charge in [0, 0.05) is 11.8 Å². The molecule has 9 heteroatoms. The van der Waals surface area contributed by atoms with Gasteiger partial charge in [0.05, 0.1) is 29.4 Å². The van der Waals surface area contributed by atoms with Gasteiger partial charge in [-0.15, -0.1) is 0 Å². The minimum Gasteiger partial charge on any atom is -0.479 e. The molecule has 2 aliphatic carbocycles. The molecule has 0 spiro atoms. The summed E-state index contributed by atoms with van der Waals surface area (Å²) < 4.78 is 25.9. The number of benzene rings is 1. The van der Waals surface area contributed by atoms with Crippen molar-refractivity contribution >= 4 is 35.1 Å². The number of esters is 1. The number of nitrogens with two attached hydrogens (primary N) is 1. The van der Waals surface area contributed by atoms with E-state index in [0.717, 1.165) is 6.42 Å². The molecule has 5 atom stereocenters. The van der Waals surface area contributed by atoms with Gasteiger partial charge in [0.15, 0.2) is 0 Å². The summed E-state index contributed by atoms with van der Waals surface area (Å²) in [6, 6.07) is 4.94. The Morgan fingerprint density at radius 3 is 2.68 bits per heavy atom. The van der Waals surface area contributed by atoms with Crippen LogP contribution >= 0.6 is 23.2 Å². The zero-order valence-electron chi connectivity index (χ0n) is 15.3. The fraction of sp³-hybridized carbons (Fsp3) is 0.579. The highest BCUT2D eigenvalue weighted by Crippen LogP contribution is 2.67. The molecule has 2 fully saturated rings. The van der Waals surface area contributed by atoms with Crippen LogP contribution < -0.4 is 5.73 Å². The third kappa shape index (κ3) is 3.38. The molecule has 1 aromatic rings. The van der Waals surface area contributed by atoms with Gasteiger partial charge in [0.25, 0.3) is 0 Å². The highest BCUT2D eigenvalue weighted by Gasteiger charge is 2.85. The van der Waals surface area contributed by atoms with Gasteiger partial charge in [-0.25, -0.2) is 14.0 Å². The van der Waals surface area contributed by atoms with Gasteiger partial charge in [0.2, 0.25) is 5.67 Å². The minimum atomic E-state index is -2.53. The standard InChI is InChI=1S/C19H22Cl2FNO5/c1-2-3-6-27-17(26)19(23)14(8-11-15(19)18(11,22)16(24)25)28-9-10-4-5-12(20)13(21)7-10/h4-5,7,11,14-15H,2-3,6,8-9,23H2,1H3,(H,24,25)/t11?,14-,15+,18-,19+/m1/s1. The maximum atomic E-state index is 14.8. The lowest BCUT2D eigenvalue weighted by Crippen LogP contribution is -2.61. The Hall–Kier alpha value is -1.41. The largest absolute Gasteiger partial charge is 0.479 e. The second-order valence-corrected chi connectivity index (χ2v) is 8.18. The number of hydrogen-bond acceptors (Lipinski definition) is 5. The second kappa shape index (κ2) is 7.78. The van der Waals surface area contributed by atoms with E-state index in [2.05, 4.69) is 0 Å². The quantitative estimate of drug-likeness (QED) is 0.481. The molecule has 2 aliphatic rings. The lowest BCUT2D eigenvalue weighted by atomic mass is 9.87. The fourth-order valence-electron chi connectivity index (χ4n) is 4.06. The molecule has 3 N–H and O–H groups in total. The van der Waals surface area contributed by atoms with Crippen molar-refractivity contribution in [2.24, 2.45) is 17.6 Å². The maximum absolute atomic E-state index is 14.8. The van der Waals surface area contributed by atoms with Crippen molar-refractivity contribution in [2.45, 2.75) is 50.1 Å². The van der Waals surface area contributed by atoms with E-state index in [-0.39, 0.29) is 19.6 Å². The van der Waals surface area contributed by atoms with Crippen molar-refractivity contribution in [1.29, 1.82) is 0 Å². The zero-order chi connectivity index (χ0) is 20.7. The Morgan fingerprint density at radius 2 is 2.07 bits per heavy atom. The third-order valence-electron chi connectivity index (χ3n) is 5.65. The highest BCUT2D eigenvalue weighted by atomic mass is 35.5. The van der Waals surface area contributed by atoms with Gasteiger partial charge in [-0.2, -0.15) is 0 Å². The molecule has 0 heterocycles. The summed E-state index contributed by atoms with van der Waals surface area (Å²) in [5, 5.41) is 9.99. The van der Waals surface area contributed by atoms with E-state index < -0.39 is 41.1 Å². The molecule has 1 unspecified atom stereocenters. The molecule has 0 amide bonds. The summed E-state index contributed by atoms with van der Waals surface area (Å²) in [5.41, 5.74) is 2.61. The molecule has 3 rings (SSSR count). The number of halogens is 3. The van der Waals surface area contributed by atoms with E-state index in [1.807, 2.05) is 6.92 Å². The molecule has 0 bridgehead atoms. The summed E-state index contributed by atoms with van der Waals surface area (Å²) >= 11 is 11.9. The summed E-state index contributed by atoms with van der Waals surface area (Å²) in [6.07, 6.45) is 0.587. The topological polar surface area (TPSA) is 98.9 Å². The van der Waals surface area contributed by atoms with Crippen molar-refractivity contribution < 1.29 is 28.6 Å². The normalized spacial score (nSPS) is 33.4. The Balaban J connectivity index is 1.77. The zero-order valence-corrected chi connectivity index (χ0v) is 16.8. The third-order valence-corrected chi connectivity index (χ3v) is 6.39. The fourth-order valence-corrected chi connectivity index (χ4v) is 4.38. The molecule has 28 heavy (non-hydrogen) atoms. The first-order chi connectivity index (χ1) is 13.2. The molecule has 0 aromatic heterocycles. The number of rotatable bonds is 8. The number of carbonyl (C=O) groups excluding carboxylic acids is 1. The molecule has 6 nitrogen and oxygen atoms in total. The van der Waals surface area contributed by atoms with E-state index in [1.165, 1.54) is 0 Å². The van der Waals surface area contributed by atoms with Gasteiger partial charge in [-0.05, 0) is 30.5 Å². The number of unbranched alkanes of at least 4 members (excludes halogenated alkanes) is 1. The van der Waals surface area contributed by atoms with Crippen LogP contribution in [-0.4, -0.2) is 41.0 Å². The summed E-state index contributed by atoms with van der Waals surface area (Å²) in [7, 11) is 0. The average Bonchev–Trinajstić information content (AvgIpc) is 3.13. The number of carboxylic acids is 1. The number of ether oxygens (including phenoxy) is 2. The number of carbonyl (C=O) groups is 2. The molecule has 0 saturated heterocycles. The second-order valence-electron chi connectivity index (χ2n) is 7.36. The van der Waals surface area contributed by atoms with Crippen LogP contribution in [0.5, 0.6) is 0 Å². The van der Waals surface area contributed by atoms with E-state index in [4.69, 9.17) is 38.4 Å². The van der Waals surface area contributed by atoms with Crippen molar-refractivity contribution in [2.75, 3.05) is 6.61 Å². The van der Waals surface area contributed by atoms with Gasteiger partial charge >= 0.3 is 11.9 Å². The predicted octanol–water partition coefficient (Wildman–Crippen LogP) is 3.36. The SMILES string of the molecule is CCCCOC(=O)[C@@]1(N)[C@H]2C(C[C@H]1OCc1ccc(Cl)c(Cl)c1)[C@]2(F)C(=O)O. The maximum Gasteiger partial charge on any atom is 0.342 e. The van der Waals surface area contributed by atoms with Gasteiger partial charge < -0.3 is 20.3 Å². The monoisotopic (exact) mass is 433 g/mol. The molecule has 1 aromatic carbocycles. The summed E-state index contributed by atoms with van der Waals surface area (Å²) in [5.74, 6) is -4.49. The lowest BCUT2D eigenvalue weighted by Gasteiger charge is -2.33. The smallest absolute Gasteiger partial charge is 0.342 e. The number of carboxylic acid groups (broad SMARTS) is 1. The minimum absolute atomic E-state index is 0.0220. The first-order valence-corrected chi connectivity index (χ1v) is 9.86. The van der Waals surface area contributed by atoms with Crippen LogP contribution in [0.15, 0.2) is 18.2 Å². The molecule has 0 aliphatic heterocycles. The van der Waals surface area contributed by atoms with E-state index >= 15 is 0 Å². The first-order valence-electron chi connectivity index (χ1n) is 9.11. The summed E-state index contributed by atoms with van der Waals surface area (Å²) in [6.45, 7) is 2.13. The van der Waals surface area contributed by atoms with Crippen molar-refractivity contribution in [1.82, 2.24) is 0 Å². The predicted molar refractivity (Wildman–Crippen MR) is 101 cm³/mol. The van der Waals surface area contributed by atoms with Crippen LogP contribution in [0.1, 0.15) is 31.7 Å². The molecule has 2 saturated carbocycles. The molecule has 0 radical (unpaired) electrons.